The lowest BCUT2D eigenvalue weighted by molar-refractivity contribution is 0.208. The molecule has 0 bridgehead atoms. The minimum atomic E-state index is 0.211. The summed E-state index contributed by atoms with van der Waals surface area (Å²) < 4.78 is 6.51. The van der Waals surface area contributed by atoms with E-state index in [4.69, 9.17) is 10.5 Å². The van der Waals surface area contributed by atoms with Gasteiger partial charge in [-0.25, -0.2) is 0 Å². The van der Waals surface area contributed by atoms with Crippen molar-refractivity contribution in [3.05, 3.63) is 28.2 Å². The van der Waals surface area contributed by atoms with Gasteiger partial charge in [0.25, 0.3) is 0 Å². The molecule has 0 aliphatic carbocycles. The molecule has 102 valence electrons. The second-order valence-corrected chi connectivity index (χ2v) is 5.18. The number of ether oxygens (including phenoxy) is 1. The van der Waals surface area contributed by atoms with Crippen LogP contribution in [0.15, 0.2) is 22.7 Å². The molecule has 1 unspecified atom stereocenters. The molecule has 0 fully saturated rings. The van der Waals surface area contributed by atoms with E-state index < -0.39 is 0 Å². The highest BCUT2D eigenvalue weighted by atomic mass is 79.9. The SMILES string of the molecule is CCCN(CC)C(CN)c1cc(Br)ccc1OC. The molecule has 0 aliphatic rings. The van der Waals surface area contributed by atoms with Crippen molar-refractivity contribution in [2.24, 2.45) is 5.73 Å². The average molecular weight is 315 g/mol. The van der Waals surface area contributed by atoms with Crippen LogP contribution in [0, 0.1) is 0 Å². The number of likely N-dealkylation sites (N-methyl/N-ethyl adjacent to an activating group) is 1. The highest BCUT2D eigenvalue weighted by Gasteiger charge is 2.20. The molecule has 0 aromatic heterocycles. The van der Waals surface area contributed by atoms with Gasteiger partial charge in [0.15, 0.2) is 0 Å². The highest BCUT2D eigenvalue weighted by Crippen LogP contribution is 2.31. The van der Waals surface area contributed by atoms with Crippen LogP contribution in [-0.2, 0) is 0 Å². The summed E-state index contributed by atoms with van der Waals surface area (Å²) in [6.45, 7) is 7.00. The summed E-state index contributed by atoms with van der Waals surface area (Å²) in [6, 6.07) is 6.30. The van der Waals surface area contributed by atoms with Crippen molar-refractivity contribution in [1.82, 2.24) is 4.90 Å². The summed E-state index contributed by atoms with van der Waals surface area (Å²) in [5.74, 6) is 0.906. The van der Waals surface area contributed by atoms with Crippen molar-refractivity contribution in [2.75, 3.05) is 26.7 Å². The van der Waals surface area contributed by atoms with Crippen LogP contribution < -0.4 is 10.5 Å². The first kappa shape index (κ1) is 15.5. The summed E-state index contributed by atoms with van der Waals surface area (Å²) in [4.78, 5) is 2.39. The molecule has 1 rings (SSSR count). The van der Waals surface area contributed by atoms with Gasteiger partial charge in [0.05, 0.1) is 13.2 Å². The number of hydrogen-bond donors (Lipinski definition) is 1. The van der Waals surface area contributed by atoms with E-state index in [9.17, 15) is 0 Å². The predicted molar refractivity (Wildman–Crippen MR) is 80.0 cm³/mol. The number of benzene rings is 1. The zero-order valence-corrected chi connectivity index (χ0v) is 13.0. The minimum absolute atomic E-state index is 0.211. The fourth-order valence-electron chi connectivity index (χ4n) is 2.26. The number of methoxy groups -OCH3 is 1. The van der Waals surface area contributed by atoms with Crippen molar-refractivity contribution in [2.45, 2.75) is 26.3 Å². The second-order valence-electron chi connectivity index (χ2n) is 4.27. The maximum Gasteiger partial charge on any atom is 0.123 e. The third kappa shape index (κ3) is 3.70. The molecule has 4 heteroatoms. The first-order chi connectivity index (χ1) is 8.67. The van der Waals surface area contributed by atoms with Crippen LogP contribution in [0.25, 0.3) is 0 Å². The number of nitrogens with two attached hydrogens (primary N) is 1. The molecule has 18 heavy (non-hydrogen) atoms. The number of rotatable bonds is 7. The third-order valence-electron chi connectivity index (χ3n) is 3.13. The van der Waals surface area contributed by atoms with Crippen molar-refractivity contribution in [3.63, 3.8) is 0 Å². The van der Waals surface area contributed by atoms with Crippen molar-refractivity contribution < 1.29 is 4.74 Å². The summed E-state index contributed by atoms with van der Waals surface area (Å²) in [7, 11) is 1.70. The van der Waals surface area contributed by atoms with E-state index in [0.717, 1.165) is 35.3 Å². The molecule has 1 atom stereocenters. The van der Waals surface area contributed by atoms with E-state index in [1.807, 2.05) is 12.1 Å². The van der Waals surface area contributed by atoms with Gasteiger partial charge in [-0.2, -0.15) is 0 Å². The molecule has 0 spiro atoms. The molecule has 0 radical (unpaired) electrons. The monoisotopic (exact) mass is 314 g/mol. The molecule has 0 amide bonds. The molecule has 3 nitrogen and oxygen atoms in total. The second kappa shape index (κ2) is 7.77. The fourth-order valence-corrected chi connectivity index (χ4v) is 2.64. The molecule has 1 aromatic rings. The normalized spacial score (nSPS) is 12.8. The van der Waals surface area contributed by atoms with E-state index in [2.05, 4.69) is 40.7 Å². The van der Waals surface area contributed by atoms with Crippen molar-refractivity contribution >= 4 is 15.9 Å². The topological polar surface area (TPSA) is 38.5 Å². The Hall–Kier alpha value is -0.580. The Labute approximate surface area is 118 Å². The molecular weight excluding hydrogens is 292 g/mol. The van der Waals surface area contributed by atoms with Crippen LogP contribution in [0.2, 0.25) is 0 Å². The lowest BCUT2D eigenvalue weighted by Crippen LogP contribution is -2.34. The van der Waals surface area contributed by atoms with Gasteiger partial charge in [0, 0.05) is 16.6 Å². The summed E-state index contributed by atoms with van der Waals surface area (Å²) in [5.41, 5.74) is 7.13. The maximum absolute atomic E-state index is 5.97. The third-order valence-corrected chi connectivity index (χ3v) is 3.63. The highest BCUT2D eigenvalue weighted by molar-refractivity contribution is 9.10. The van der Waals surface area contributed by atoms with Crippen molar-refractivity contribution in [3.8, 4) is 5.75 Å². The molecular formula is C14H23BrN2O. The Morgan fingerprint density at radius 3 is 2.61 bits per heavy atom. The number of nitrogens with zero attached hydrogens (tertiary/aromatic N) is 1. The van der Waals surface area contributed by atoms with Crippen LogP contribution in [0.5, 0.6) is 5.75 Å². The lowest BCUT2D eigenvalue weighted by Gasteiger charge is -2.30. The Kier molecular flexibility index (Phi) is 6.68. The molecule has 0 saturated carbocycles. The minimum Gasteiger partial charge on any atom is -0.496 e. The van der Waals surface area contributed by atoms with Gasteiger partial charge in [0.1, 0.15) is 5.75 Å². The zero-order valence-electron chi connectivity index (χ0n) is 11.4. The molecule has 2 N–H and O–H groups in total. The maximum atomic E-state index is 5.97. The fraction of sp³-hybridized carbons (Fsp3) is 0.571. The quantitative estimate of drug-likeness (QED) is 0.840. The van der Waals surface area contributed by atoms with E-state index in [1.54, 1.807) is 7.11 Å². The van der Waals surface area contributed by atoms with E-state index in [-0.39, 0.29) is 6.04 Å². The van der Waals surface area contributed by atoms with Crippen LogP contribution >= 0.6 is 15.9 Å². The van der Waals surface area contributed by atoms with Gasteiger partial charge in [-0.1, -0.05) is 29.8 Å². The number of halogens is 1. The van der Waals surface area contributed by atoms with Crippen LogP contribution in [0.1, 0.15) is 31.9 Å². The molecule has 0 aliphatic heterocycles. The molecule has 0 saturated heterocycles. The van der Waals surface area contributed by atoms with Crippen LogP contribution in [0.4, 0.5) is 0 Å². The zero-order chi connectivity index (χ0) is 13.5. The average Bonchev–Trinajstić information content (AvgIpc) is 2.39. The standard InChI is InChI=1S/C14H23BrN2O/c1-4-8-17(5-2)13(10-16)12-9-11(15)6-7-14(12)18-3/h6-7,9,13H,4-5,8,10,16H2,1-3H3. The first-order valence-corrected chi connectivity index (χ1v) is 7.24. The summed E-state index contributed by atoms with van der Waals surface area (Å²) >= 11 is 3.52. The largest absolute Gasteiger partial charge is 0.496 e. The van der Waals surface area contributed by atoms with Gasteiger partial charge in [-0.3, -0.25) is 4.90 Å². The van der Waals surface area contributed by atoms with E-state index in [0.29, 0.717) is 6.54 Å². The van der Waals surface area contributed by atoms with Gasteiger partial charge in [-0.15, -0.1) is 0 Å². The summed E-state index contributed by atoms with van der Waals surface area (Å²) in [5, 5.41) is 0. The van der Waals surface area contributed by atoms with Gasteiger partial charge >= 0.3 is 0 Å². The van der Waals surface area contributed by atoms with Crippen LogP contribution in [-0.4, -0.2) is 31.6 Å². The first-order valence-electron chi connectivity index (χ1n) is 6.45. The molecule has 1 aromatic carbocycles. The smallest absolute Gasteiger partial charge is 0.123 e. The Balaban J connectivity index is 3.09. The van der Waals surface area contributed by atoms with E-state index in [1.165, 1.54) is 0 Å². The summed E-state index contributed by atoms with van der Waals surface area (Å²) in [6.07, 6.45) is 1.13. The predicted octanol–water partition coefficient (Wildman–Crippen LogP) is 3.19. The Bertz CT molecular complexity index is 371. The Morgan fingerprint density at radius 2 is 2.11 bits per heavy atom. The lowest BCUT2D eigenvalue weighted by atomic mass is 10.0. The van der Waals surface area contributed by atoms with Crippen molar-refractivity contribution in [1.29, 1.82) is 0 Å². The van der Waals surface area contributed by atoms with Gasteiger partial charge in [-0.05, 0) is 37.7 Å². The molecule has 0 heterocycles. The van der Waals surface area contributed by atoms with Gasteiger partial charge in [0.2, 0.25) is 0 Å². The number of hydrogen-bond acceptors (Lipinski definition) is 3. The Morgan fingerprint density at radius 1 is 1.39 bits per heavy atom. The van der Waals surface area contributed by atoms with Gasteiger partial charge < -0.3 is 10.5 Å². The van der Waals surface area contributed by atoms with E-state index >= 15 is 0 Å². The van der Waals surface area contributed by atoms with Crippen LogP contribution in [0.3, 0.4) is 0 Å².